The number of amides is 2. The molecule has 0 saturated heterocycles. The molecule has 0 heterocycles. The number of ether oxygens (including phenoxy) is 1. The fraction of sp³-hybridized carbons (Fsp3) is 0.348. The van der Waals surface area contributed by atoms with Gasteiger partial charge < -0.3 is 15.4 Å². The Morgan fingerprint density at radius 1 is 0.862 bits per heavy atom. The highest BCUT2D eigenvalue weighted by atomic mass is 16.5. The molecule has 2 aromatic carbocycles. The Morgan fingerprint density at radius 3 is 1.97 bits per heavy atom. The highest BCUT2D eigenvalue weighted by Crippen LogP contribution is 2.12. The van der Waals surface area contributed by atoms with Crippen LogP contribution in [0.5, 0.6) is 0 Å². The molecule has 0 aliphatic rings. The smallest absolute Gasteiger partial charge is 0.338 e. The van der Waals surface area contributed by atoms with Crippen molar-refractivity contribution >= 4 is 17.8 Å². The molecule has 0 saturated carbocycles. The Bertz CT molecular complexity index is 842. The van der Waals surface area contributed by atoms with Crippen molar-refractivity contribution in [2.45, 2.75) is 52.8 Å². The lowest BCUT2D eigenvalue weighted by molar-refractivity contribution is 0.0319. The van der Waals surface area contributed by atoms with Crippen LogP contribution >= 0.6 is 0 Å². The van der Waals surface area contributed by atoms with E-state index < -0.39 is 12.1 Å². The van der Waals surface area contributed by atoms with E-state index in [1.165, 1.54) is 0 Å². The summed E-state index contributed by atoms with van der Waals surface area (Å²) in [6.45, 7) is 7.72. The number of urea groups is 1. The van der Waals surface area contributed by atoms with Gasteiger partial charge in [-0.05, 0) is 50.5 Å². The number of aryl methyl sites for hydroxylation is 1. The minimum absolute atomic E-state index is 0.0569. The van der Waals surface area contributed by atoms with Crippen LogP contribution in [-0.2, 0) is 17.7 Å². The van der Waals surface area contributed by atoms with Crippen molar-refractivity contribution in [3.8, 4) is 0 Å². The molecule has 0 aliphatic heterocycles. The van der Waals surface area contributed by atoms with Gasteiger partial charge in [0.05, 0.1) is 5.56 Å². The van der Waals surface area contributed by atoms with E-state index >= 15 is 0 Å². The van der Waals surface area contributed by atoms with Crippen LogP contribution in [0.15, 0.2) is 48.5 Å². The number of benzene rings is 2. The summed E-state index contributed by atoms with van der Waals surface area (Å²) in [4.78, 5) is 36.4. The topological polar surface area (TPSA) is 84.5 Å². The van der Waals surface area contributed by atoms with Crippen LogP contribution in [0.2, 0.25) is 0 Å². The van der Waals surface area contributed by atoms with Crippen molar-refractivity contribution in [1.29, 1.82) is 0 Å². The third kappa shape index (κ3) is 6.75. The van der Waals surface area contributed by atoms with Gasteiger partial charge in [0.2, 0.25) is 5.78 Å². The lowest BCUT2D eigenvalue weighted by Gasteiger charge is -2.13. The lowest BCUT2D eigenvalue weighted by Crippen LogP contribution is -2.39. The van der Waals surface area contributed by atoms with Gasteiger partial charge in [0.25, 0.3) is 0 Å². The first-order valence-electron chi connectivity index (χ1n) is 9.77. The van der Waals surface area contributed by atoms with Gasteiger partial charge in [0.15, 0.2) is 6.10 Å². The van der Waals surface area contributed by atoms with Crippen molar-refractivity contribution < 1.29 is 19.1 Å². The predicted molar refractivity (Wildman–Crippen MR) is 112 cm³/mol. The van der Waals surface area contributed by atoms with Crippen molar-refractivity contribution in [2.75, 3.05) is 0 Å². The van der Waals surface area contributed by atoms with E-state index in [0.717, 1.165) is 17.5 Å². The second-order valence-electron chi connectivity index (χ2n) is 7.14. The number of rotatable bonds is 8. The van der Waals surface area contributed by atoms with Gasteiger partial charge in [-0.25, -0.2) is 9.59 Å². The highest BCUT2D eigenvalue weighted by Gasteiger charge is 2.20. The summed E-state index contributed by atoms with van der Waals surface area (Å²) in [5.41, 5.74) is 2.85. The molecule has 2 rings (SSSR count). The van der Waals surface area contributed by atoms with E-state index in [4.69, 9.17) is 4.74 Å². The number of esters is 1. The van der Waals surface area contributed by atoms with Crippen molar-refractivity contribution in [3.63, 3.8) is 0 Å². The van der Waals surface area contributed by atoms with Crippen LogP contribution < -0.4 is 10.6 Å². The molecule has 0 bridgehead atoms. The van der Waals surface area contributed by atoms with Gasteiger partial charge in [-0.1, -0.05) is 43.3 Å². The quantitative estimate of drug-likeness (QED) is 0.524. The number of hydrogen-bond donors (Lipinski definition) is 2. The van der Waals surface area contributed by atoms with E-state index in [1.807, 2.05) is 32.9 Å². The molecule has 0 fully saturated rings. The zero-order chi connectivity index (χ0) is 21.4. The second kappa shape index (κ2) is 10.4. The molecule has 2 N–H and O–H groups in total. The van der Waals surface area contributed by atoms with Crippen LogP contribution in [0, 0.1) is 0 Å². The molecule has 29 heavy (non-hydrogen) atoms. The van der Waals surface area contributed by atoms with Crippen LogP contribution in [-0.4, -0.2) is 29.9 Å². The average molecular weight is 396 g/mol. The van der Waals surface area contributed by atoms with Crippen LogP contribution in [0.1, 0.15) is 59.5 Å². The van der Waals surface area contributed by atoms with Gasteiger partial charge >= 0.3 is 12.0 Å². The molecule has 0 aromatic heterocycles. The monoisotopic (exact) mass is 396 g/mol. The number of nitrogens with one attached hydrogen (secondary N) is 2. The molecule has 0 aliphatic carbocycles. The first kappa shape index (κ1) is 22.1. The van der Waals surface area contributed by atoms with E-state index in [-0.39, 0.29) is 17.9 Å². The molecular weight excluding hydrogens is 368 g/mol. The van der Waals surface area contributed by atoms with Crippen molar-refractivity contribution in [3.05, 3.63) is 70.8 Å². The van der Waals surface area contributed by atoms with Crippen LogP contribution in [0.3, 0.4) is 0 Å². The molecule has 0 spiro atoms. The van der Waals surface area contributed by atoms with Gasteiger partial charge in [0, 0.05) is 18.2 Å². The maximum absolute atomic E-state index is 12.5. The zero-order valence-corrected chi connectivity index (χ0v) is 17.3. The minimum atomic E-state index is -0.879. The summed E-state index contributed by atoms with van der Waals surface area (Å²) in [5, 5.41) is 5.48. The van der Waals surface area contributed by atoms with E-state index in [1.54, 1.807) is 43.3 Å². The molecule has 2 aromatic rings. The Kier molecular flexibility index (Phi) is 7.95. The van der Waals surface area contributed by atoms with Gasteiger partial charge in [0.1, 0.15) is 0 Å². The Labute approximate surface area is 171 Å². The van der Waals surface area contributed by atoms with Gasteiger partial charge in [-0.15, -0.1) is 0 Å². The normalized spacial score (nSPS) is 11.6. The third-order valence-electron chi connectivity index (χ3n) is 4.36. The highest BCUT2D eigenvalue weighted by molar-refractivity contribution is 6.01. The first-order chi connectivity index (χ1) is 13.8. The molecule has 0 unspecified atom stereocenters. The molecule has 154 valence electrons. The van der Waals surface area contributed by atoms with Crippen molar-refractivity contribution in [1.82, 2.24) is 10.6 Å². The summed E-state index contributed by atoms with van der Waals surface area (Å²) >= 11 is 0. The first-order valence-corrected chi connectivity index (χ1v) is 9.77. The molecular formula is C23H28N2O4. The Balaban J connectivity index is 1.90. The zero-order valence-electron chi connectivity index (χ0n) is 17.3. The molecule has 1 atom stereocenters. The summed E-state index contributed by atoms with van der Waals surface area (Å²) in [5.74, 6) is -0.800. The van der Waals surface area contributed by atoms with Gasteiger partial charge in [-0.2, -0.15) is 0 Å². The summed E-state index contributed by atoms with van der Waals surface area (Å²) in [6, 6.07) is 13.8. The third-order valence-corrected chi connectivity index (χ3v) is 4.36. The summed E-state index contributed by atoms with van der Waals surface area (Å²) < 4.78 is 5.32. The van der Waals surface area contributed by atoms with Crippen molar-refractivity contribution in [2.24, 2.45) is 0 Å². The lowest BCUT2D eigenvalue weighted by atomic mass is 10.0. The Morgan fingerprint density at radius 2 is 1.41 bits per heavy atom. The maximum Gasteiger partial charge on any atom is 0.338 e. The van der Waals surface area contributed by atoms with E-state index in [0.29, 0.717) is 17.7 Å². The largest absolute Gasteiger partial charge is 0.451 e. The molecule has 6 heteroatoms. The SMILES string of the molecule is CCc1ccc(C(=O)[C@H](C)OC(=O)c2ccc(CNC(=O)NC(C)C)cc2)cc1. The summed E-state index contributed by atoms with van der Waals surface area (Å²) in [6.07, 6.45) is 0.0171. The standard InChI is InChI=1S/C23H28N2O4/c1-5-17-6-10-19(11-7-17)21(26)16(4)29-22(27)20-12-8-18(9-13-20)14-24-23(28)25-15(2)3/h6-13,15-16H,5,14H2,1-4H3,(H2,24,25,28)/t16-/m0/s1. The number of carbonyl (C=O) groups excluding carboxylic acids is 3. The summed E-state index contributed by atoms with van der Waals surface area (Å²) in [7, 11) is 0. The number of carbonyl (C=O) groups is 3. The second-order valence-corrected chi connectivity index (χ2v) is 7.14. The van der Waals surface area contributed by atoms with Crippen LogP contribution in [0.4, 0.5) is 4.79 Å². The fourth-order valence-electron chi connectivity index (χ4n) is 2.68. The predicted octanol–water partition coefficient (Wildman–Crippen LogP) is 3.88. The van der Waals surface area contributed by atoms with E-state index in [9.17, 15) is 14.4 Å². The minimum Gasteiger partial charge on any atom is -0.451 e. The van der Waals surface area contributed by atoms with Gasteiger partial charge in [-0.3, -0.25) is 4.79 Å². The number of ketones is 1. The maximum atomic E-state index is 12.5. The Hall–Kier alpha value is -3.15. The molecule has 2 amide bonds. The van der Waals surface area contributed by atoms with Crippen LogP contribution in [0.25, 0.3) is 0 Å². The molecule has 0 radical (unpaired) electrons. The number of Topliss-reactive ketones (excluding diaryl/α,β-unsaturated/α-hetero) is 1. The molecule has 6 nitrogen and oxygen atoms in total. The average Bonchev–Trinajstić information content (AvgIpc) is 2.71. The number of hydrogen-bond acceptors (Lipinski definition) is 4. The fourth-order valence-corrected chi connectivity index (χ4v) is 2.68. The van der Waals surface area contributed by atoms with E-state index in [2.05, 4.69) is 10.6 Å².